The number of unbranched alkanes of at least 4 members (excludes halogenated alkanes) is 1. The fourth-order valence-electron chi connectivity index (χ4n) is 2.90. The second-order valence-electron chi connectivity index (χ2n) is 8.28. The zero-order valence-electron chi connectivity index (χ0n) is 18.4. The van der Waals surface area contributed by atoms with Gasteiger partial charge in [0.15, 0.2) is 9.84 Å². The molecule has 0 saturated heterocycles. The molecule has 2 N–H and O–H groups in total. The van der Waals surface area contributed by atoms with E-state index in [0.29, 0.717) is 37.1 Å². The fraction of sp³-hybridized carbons (Fsp3) is 0.391. The van der Waals surface area contributed by atoms with E-state index in [0.717, 1.165) is 5.56 Å². The largest absolute Gasteiger partial charge is 0.444 e. The number of benzene rings is 2. The van der Waals surface area contributed by atoms with Gasteiger partial charge in [-0.05, 0) is 57.4 Å². The van der Waals surface area contributed by atoms with E-state index >= 15 is 0 Å². The lowest BCUT2D eigenvalue weighted by Gasteiger charge is -2.19. The second-order valence-corrected chi connectivity index (χ2v) is 10.3. The predicted molar refractivity (Wildman–Crippen MR) is 122 cm³/mol. The van der Waals surface area contributed by atoms with Crippen LogP contribution in [0.5, 0.6) is 0 Å². The summed E-state index contributed by atoms with van der Waals surface area (Å²) in [7, 11) is -3.34. The summed E-state index contributed by atoms with van der Waals surface area (Å²) in [5.74, 6) is -0.124. The summed E-state index contributed by atoms with van der Waals surface area (Å²) >= 11 is 0. The van der Waals surface area contributed by atoms with Crippen molar-refractivity contribution in [2.75, 3.05) is 18.1 Å². The van der Waals surface area contributed by atoms with Crippen molar-refractivity contribution in [2.45, 2.75) is 50.5 Å². The SMILES string of the molecule is CC(C)(C)OC(=O)NCCCCC(=O)Nc1ccc(-c2ccccc2S(C)(=O)=O)cc1. The van der Waals surface area contributed by atoms with Crippen molar-refractivity contribution < 1.29 is 22.7 Å². The lowest BCUT2D eigenvalue weighted by atomic mass is 10.1. The van der Waals surface area contributed by atoms with Crippen molar-refractivity contribution in [3.05, 3.63) is 48.5 Å². The van der Waals surface area contributed by atoms with E-state index in [1.807, 2.05) is 0 Å². The van der Waals surface area contributed by atoms with Gasteiger partial charge < -0.3 is 15.4 Å². The molecule has 2 aromatic rings. The molecule has 0 aromatic heterocycles. The van der Waals surface area contributed by atoms with E-state index in [1.54, 1.807) is 69.3 Å². The first-order chi connectivity index (χ1) is 14.5. The van der Waals surface area contributed by atoms with Gasteiger partial charge in [-0.1, -0.05) is 30.3 Å². The van der Waals surface area contributed by atoms with Crippen LogP contribution in [0.15, 0.2) is 53.4 Å². The molecule has 0 aliphatic rings. The molecule has 0 heterocycles. The van der Waals surface area contributed by atoms with Crippen LogP contribution in [-0.4, -0.2) is 38.8 Å². The number of hydrogen-bond donors (Lipinski definition) is 2. The highest BCUT2D eigenvalue weighted by Gasteiger charge is 2.16. The number of sulfone groups is 1. The molecule has 8 heteroatoms. The summed E-state index contributed by atoms with van der Waals surface area (Å²) < 4.78 is 29.1. The molecule has 0 radical (unpaired) electrons. The Morgan fingerprint density at radius 3 is 2.23 bits per heavy atom. The number of amides is 2. The second kappa shape index (κ2) is 10.4. The number of ether oxygens (including phenoxy) is 1. The first kappa shape index (κ1) is 24.4. The number of hydrogen-bond acceptors (Lipinski definition) is 5. The van der Waals surface area contributed by atoms with Gasteiger partial charge in [-0.3, -0.25) is 4.79 Å². The lowest BCUT2D eigenvalue weighted by Crippen LogP contribution is -2.33. The van der Waals surface area contributed by atoms with Gasteiger partial charge in [0.1, 0.15) is 5.60 Å². The minimum absolute atomic E-state index is 0.124. The van der Waals surface area contributed by atoms with Gasteiger partial charge in [0.25, 0.3) is 0 Å². The molecule has 2 aromatic carbocycles. The minimum Gasteiger partial charge on any atom is -0.444 e. The van der Waals surface area contributed by atoms with E-state index in [9.17, 15) is 18.0 Å². The Balaban J connectivity index is 1.82. The Bertz CT molecular complexity index is 1010. The van der Waals surface area contributed by atoms with E-state index < -0.39 is 21.5 Å². The maximum Gasteiger partial charge on any atom is 0.407 e. The standard InChI is InChI=1S/C23H30N2O5S/c1-23(2,3)30-22(27)24-16-8-7-11-21(26)25-18-14-12-17(13-15-18)19-9-5-6-10-20(19)31(4,28)29/h5-6,9-10,12-15H,7-8,11,16H2,1-4H3,(H,24,27)(H,25,26). The third-order valence-corrected chi connectivity index (χ3v) is 5.42. The van der Waals surface area contributed by atoms with E-state index in [2.05, 4.69) is 10.6 Å². The van der Waals surface area contributed by atoms with Crippen LogP contribution in [0.3, 0.4) is 0 Å². The Morgan fingerprint density at radius 1 is 0.968 bits per heavy atom. The summed E-state index contributed by atoms with van der Waals surface area (Å²) in [4.78, 5) is 24.0. The smallest absolute Gasteiger partial charge is 0.407 e. The van der Waals surface area contributed by atoms with Gasteiger partial charge in [-0.15, -0.1) is 0 Å². The Morgan fingerprint density at radius 2 is 1.61 bits per heavy atom. The molecule has 7 nitrogen and oxygen atoms in total. The average molecular weight is 447 g/mol. The predicted octanol–water partition coefficient (Wildman–Crippen LogP) is 4.39. The molecule has 0 saturated carbocycles. The summed E-state index contributed by atoms with van der Waals surface area (Å²) in [6.07, 6.45) is 2.34. The van der Waals surface area contributed by atoms with Crippen LogP contribution in [-0.2, 0) is 19.4 Å². The molecule has 0 spiro atoms. The van der Waals surface area contributed by atoms with Crippen LogP contribution in [0.25, 0.3) is 11.1 Å². The Kier molecular flexibility index (Phi) is 8.21. The maximum atomic E-state index is 12.1. The Labute approximate surface area is 184 Å². The molecular weight excluding hydrogens is 416 g/mol. The first-order valence-electron chi connectivity index (χ1n) is 10.1. The molecule has 0 bridgehead atoms. The van der Waals surface area contributed by atoms with Crippen LogP contribution in [0.4, 0.5) is 10.5 Å². The van der Waals surface area contributed by atoms with Crippen molar-refractivity contribution in [1.82, 2.24) is 5.32 Å². The third kappa shape index (κ3) is 8.41. The molecule has 0 atom stereocenters. The minimum atomic E-state index is -3.34. The van der Waals surface area contributed by atoms with Crippen LogP contribution in [0.1, 0.15) is 40.0 Å². The molecule has 31 heavy (non-hydrogen) atoms. The van der Waals surface area contributed by atoms with E-state index in [4.69, 9.17) is 4.74 Å². The van der Waals surface area contributed by atoms with Crippen LogP contribution in [0, 0.1) is 0 Å². The van der Waals surface area contributed by atoms with Crippen molar-refractivity contribution in [3.8, 4) is 11.1 Å². The first-order valence-corrected chi connectivity index (χ1v) is 12.0. The Hall–Kier alpha value is -2.87. The highest BCUT2D eigenvalue weighted by molar-refractivity contribution is 7.90. The molecular formula is C23H30N2O5S. The highest BCUT2D eigenvalue weighted by Crippen LogP contribution is 2.28. The summed E-state index contributed by atoms with van der Waals surface area (Å²) in [5.41, 5.74) is 1.48. The third-order valence-electron chi connectivity index (χ3n) is 4.27. The maximum absolute atomic E-state index is 12.1. The number of alkyl carbamates (subject to hydrolysis) is 1. The quantitative estimate of drug-likeness (QED) is 0.586. The molecule has 0 unspecified atom stereocenters. The lowest BCUT2D eigenvalue weighted by molar-refractivity contribution is -0.116. The zero-order chi connectivity index (χ0) is 23.1. The number of carbonyl (C=O) groups is 2. The van der Waals surface area contributed by atoms with Gasteiger partial charge in [-0.2, -0.15) is 0 Å². The number of nitrogens with one attached hydrogen (secondary N) is 2. The molecule has 2 amide bonds. The summed E-state index contributed by atoms with van der Waals surface area (Å²) in [6, 6.07) is 13.9. The fourth-order valence-corrected chi connectivity index (χ4v) is 3.81. The highest BCUT2D eigenvalue weighted by atomic mass is 32.2. The van der Waals surface area contributed by atoms with Gasteiger partial charge in [0.2, 0.25) is 5.91 Å². The molecule has 0 aliphatic heterocycles. The molecule has 168 valence electrons. The molecule has 2 rings (SSSR count). The molecule has 0 fully saturated rings. The summed E-state index contributed by atoms with van der Waals surface area (Å²) in [6.45, 7) is 5.84. The van der Waals surface area contributed by atoms with Gasteiger partial charge >= 0.3 is 6.09 Å². The van der Waals surface area contributed by atoms with Crippen molar-refractivity contribution in [3.63, 3.8) is 0 Å². The number of carbonyl (C=O) groups excluding carboxylic acids is 2. The van der Waals surface area contributed by atoms with E-state index in [-0.39, 0.29) is 10.8 Å². The normalized spacial score (nSPS) is 11.6. The summed E-state index contributed by atoms with van der Waals surface area (Å²) in [5, 5.41) is 5.49. The van der Waals surface area contributed by atoms with Gasteiger partial charge in [-0.25, -0.2) is 13.2 Å². The average Bonchev–Trinajstić information content (AvgIpc) is 2.66. The van der Waals surface area contributed by atoms with Crippen molar-refractivity contribution in [2.24, 2.45) is 0 Å². The van der Waals surface area contributed by atoms with Crippen molar-refractivity contribution >= 4 is 27.5 Å². The van der Waals surface area contributed by atoms with E-state index in [1.165, 1.54) is 6.26 Å². The molecule has 0 aliphatic carbocycles. The van der Waals surface area contributed by atoms with Gasteiger partial charge in [0, 0.05) is 30.5 Å². The number of rotatable bonds is 8. The topological polar surface area (TPSA) is 102 Å². The number of anilines is 1. The zero-order valence-corrected chi connectivity index (χ0v) is 19.2. The van der Waals surface area contributed by atoms with Crippen molar-refractivity contribution in [1.29, 1.82) is 0 Å². The monoisotopic (exact) mass is 446 g/mol. The van der Waals surface area contributed by atoms with Crippen LogP contribution in [0.2, 0.25) is 0 Å². The van der Waals surface area contributed by atoms with Gasteiger partial charge in [0.05, 0.1) is 4.90 Å². The van der Waals surface area contributed by atoms with Crippen LogP contribution >= 0.6 is 0 Å². The van der Waals surface area contributed by atoms with Crippen LogP contribution < -0.4 is 10.6 Å².